The highest BCUT2D eigenvalue weighted by Crippen LogP contribution is 2.43. The second-order valence-electron chi connectivity index (χ2n) is 7.84. The number of nitrogens with one attached hydrogen (secondary N) is 1. The maximum Gasteiger partial charge on any atom is 0.225 e. The van der Waals surface area contributed by atoms with Gasteiger partial charge in [0.25, 0.3) is 0 Å². The molecule has 26 heavy (non-hydrogen) atoms. The van der Waals surface area contributed by atoms with Crippen molar-refractivity contribution in [2.75, 3.05) is 13.1 Å². The minimum Gasteiger partial charge on any atom is -0.355 e. The molecule has 0 radical (unpaired) electrons. The number of rotatable bonds is 5. The second-order valence-corrected chi connectivity index (χ2v) is 7.84. The third kappa shape index (κ3) is 3.46. The van der Waals surface area contributed by atoms with E-state index in [1.165, 1.54) is 18.2 Å². The van der Waals surface area contributed by atoms with Gasteiger partial charge in [-0.25, -0.2) is 8.78 Å². The second kappa shape index (κ2) is 7.33. The van der Waals surface area contributed by atoms with Crippen LogP contribution in [0.4, 0.5) is 8.78 Å². The van der Waals surface area contributed by atoms with E-state index in [4.69, 9.17) is 0 Å². The van der Waals surface area contributed by atoms with E-state index in [-0.39, 0.29) is 36.4 Å². The van der Waals surface area contributed by atoms with Crippen molar-refractivity contribution in [3.63, 3.8) is 0 Å². The Labute approximate surface area is 152 Å². The molecule has 2 amide bonds. The lowest BCUT2D eigenvalue weighted by Crippen LogP contribution is -2.43. The van der Waals surface area contributed by atoms with E-state index in [2.05, 4.69) is 5.32 Å². The fraction of sp³-hybridized carbons (Fsp3) is 0.600. The number of likely N-dealkylation sites (tertiary alicyclic amines) is 1. The smallest absolute Gasteiger partial charge is 0.225 e. The van der Waals surface area contributed by atoms with Crippen LogP contribution in [0.2, 0.25) is 0 Å². The highest BCUT2D eigenvalue weighted by molar-refractivity contribution is 5.89. The summed E-state index contributed by atoms with van der Waals surface area (Å²) in [4.78, 5) is 26.3. The van der Waals surface area contributed by atoms with Crippen LogP contribution in [-0.2, 0) is 15.0 Å². The van der Waals surface area contributed by atoms with Crippen LogP contribution in [0.3, 0.4) is 0 Å². The van der Waals surface area contributed by atoms with Gasteiger partial charge in [0.2, 0.25) is 11.8 Å². The minimum absolute atomic E-state index is 0.0177. The summed E-state index contributed by atoms with van der Waals surface area (Å²) in [6.45, 7) is 4.46. The van der Waals surface area contributed by atoms with Gasteiger partial charge in [-0.1, -0.05) is 18.9 Å². The number of hydrogen-bond donors (Lipinski definition) is 1. The van der Waals surface area contributed by atoms with E-state index in [1.807, 2.05) is 13.8 Å². The fourth-order valence-electron chi connectivity index (χ4n) is 4.38. The van der Waals surface area contributed by atoms with E-state index in [9.17, 15) is 18.4 Å². The Morgan fingerprint density at radius 2 is 1.88 bits per heavy atom. The average Bonchev–Trinajstić information content (AvgIpc) is 3.20. The number of carbonyl (C=O) groups excluding carboxylic acids is 2. The Morgan fingerprint density at radius 1 is 1.27 bits per heavy atom. The van der Waals surface area contributed by atoms with Gasteiger partial charge in [0.05, 0.1) is 5.92 Å². The quantitative estimate of drug-likeness (QED) is 0.873. The Hall–Kier alpha value is -1.98. The molecule has 1 N–H and O–H groups in total. The summed E-state index contributed by atoms with van der Waals surface area (Å²) in [6.07, 6.45) is 3.25. The van der Waals surface area contributed by atoms with E-state index in [1.54, 1.807) is 4.90 Å². The Balaban J connectivity index is 1.72. The molecule has 1 saturated heterocycles. The molecule has 1 atom stereocenters. The van der Waals surface area contributed by atoms with Gasteiger partial charge >= 0.3 is 0 Å². The van der Waals surface area contributed by atoms with Gasteiger partial charge in [-0.3, -0.25) is 9.59 Å². The SMILES string of the molecule is CC(C)N1CC(C(=O)NCC2(c3c(F)cccc3F)CCCC2)CC1=O. The summed E-state index contributed by atoms with van der Waals surface area (Å²) in [5, 5.41) is 2.89. The first-order chi connectivity index (χ1) is 12.3. The van der Waals surface area contributed by atoms with Crippen molar-refractivity contribution in [2.24, 2.45) is 5.92 Å². The van der Waals surface area contributed by atoms with Crippen LogP contribution in [0, 0.1) is 17.6 Å². The Bertz CT molecular complexity index is 679. The van der Waals surface area contributed by atoms with Crippen LogP contribution in [0.15, 0.2) is 18.2 Å². The minimum atomic E-state index is -0.703. The molecule has 2 aliphatic rings. The van der Waals surface area contributed by atoms with E-state index >= 15 is 0 Å². The number of carbonyl (C=O) groups is 2. The molecule has 1 unspecified atom stereocenters. The molecular weight excluding hydrogens is 338 g/mol. The van der Waals surface area contributed by atoms with Gasteiger partial charge in [0.1, 0.15) is 11.6 Å². The molecule has 1 aliphatic carbocycles. The summed E-state index contributed by atoms with van der Waals surface area (Å²) in [5.41, 5.74) is -0.616. The van der Waals surface area contributed by atoms with Crippen molar-refractivity contribution >= 4 is 11.8 Å². The number of hydrogen-bond acceptors (Lipinski definition) is 2. The Morgan fingerprint density at radius 3 is 2.42 bits per heavy atom. The summed E-state index contributed by atoms with van der Waals surface area (Å²) >= 11 is 0. The molecular formula is C20H26F2N2O2. The van der Waals surface area contributed by atoms with E-state index < -0.39 is 23.0 Å². The summed E-state index contributed by atoms with van der Waals surface area (Å²) in [6, 6.07) is 3.97. The molecule has 142 valence electrons. The van der Waals surface area contributed by atoms with Crippen molar-refractivity contribution in [3.05, 3.63) is 35.4 Å². The number of amides is 2. The van der Waals surface area contributed by atoms with Gasteiger partial charge in [-0.05, 0) is 38.8 Å². The molecule has 3 rings (SSSR count). The van der Waals surface area contributed by atoms with Gasteiger partial charge in [0.15, 0.2) is 0 Å². The highest BCUT2D eigenvalue weighted by Gasteiger charge is 2.41. The third-order valence-corrected chi connectivity index (χ3v) is 5.81. The highest BCUT2D eigenvalue weighted by atomic mass is 19.1. The van der Waals surface area contributed by atoms with Gasteiger partial charge in [0, 0.05) is 36.5 Å². The summed E-state index contributed by atoms with van der Waals surface area (Å²) in [7, 11) is 0. The molecule has 6 heteroatoms. The predicted molar refractivity (Wildman–Crippen MR) is 94.5 cm³/mol. The molecule has 1 aromatic rings. The fourth-order valence-corrected chi connectivity index (χ4v) is 4.38. The van der Waals surface area contributed by atoms with Crippen molar-refractivity contribution in [3.8, 4) is 0 Å². The number of nitrogens with zero attached hydrogens (tertiary/aromatic N) is 1. The molecule has 1 aliphatic heterocycles. The predicted octanol–water partition coefficient (Wildman–Crippen LogP) is 3.15. The third-order valence-electron chi connectivity index (χ3n) is 5.81. The first kappa shape index (κ1) is 18.8. The van der Waals surface area contributed by atoms with Gasteiger partial charge in [-0.2, -0.15) is 0 Å². The summed E-state index contributed by atoms with van der Waals surface area (Å²) in [5.74, 6) is -1.72. The normalized spacial score (nSPS) is 22.3. The number of benzene rings is 1. The van der Waals surface area contributed by atoms with Crippen LogP contribution < -0.4 is 5.32 Å². The first-order valence-corrected chi connectivity index (χ1v) is 9.36. The first-order valence-electron chi connectivity index (χ1n) is 9.36. The largest absolute Gasteiger partial charge is 0.355 e. The molecule has 2 fully saturated rings. The number of halogens is 2. The van der Waals surface area contributed by atoms with Crippen molar-refractivity contribution in [1.29, 1.82) is 0 Å². The zero-order chi connectivity index (χ0) is 18.9. The molecule has 0 spiro atoms. The molecule has 4 nitrogen and oxygen atoms in total. The van der Waals surface area contributed by atoms with Gasteiger partial charge in [-0.15, -0.1) is 0 Å². The zero-order valence-electron chi connectivity index (χ0n) is 15.4. The van der Waals surface area contributed by atoms with Crippen LogP contribution >= 0.6 is 0 Å². The molecule has 1 aromatic carbocycles. The van der Waals surface area contributed by atoms with Crippen LogP contribution in [-0.4, -0.2) is 35.8 Å². The molecule has 0 aromatic heterocycles. The molecule has 1 heterocycles. The summed E-state index contributed by atoms with van der Waals surface area (Å²) < 4.78 is 28.7. The average molecular weight is 364 g/mol. The topological polar surface area (TPSA) is 49.4 Å². The maximum absolute atomic E-state index is 14.4. The lowest BCUT2D eigenvalue weighted by atomic mass is 9.78. The molecule has 1 saturated carbocycles. The van der Waals surface area contributed by atoms with E-state index in [0.717, 1.165) is 12.8 Å². The Kier molecular flexibility index (Phi) is 5.30. The monoisotopic (exact) mass is 364 g/mol. The standard InChI is InChI=1S/C20H26F2N2O2/c1-13(2)24-11-14(10-17(24)25)19(26)23-12-20(8-3-4-9-20)18-15(21)6-5-7-16(18)22/h5-7,13-14H,3-4,8-12H2,1-2H3,(H,23,26). The van der Waals surface area contributed by atoms with Crippen molar-refractivity contribution < 1.29 is 18.4 Å². The zero-order valence-corrected chi connectivity index (χ0v) is 15.4. The van der Waals surface area contributed by atoms with E-state index in [0.29, 0.717) is 19.4 Å². The van der Waals surface area contributed by atoms with Crippen LogP contribution in [0.5, 0.6) is 0 Å². The van der Waals surface area contributed by atoms with Crippen LogP contribution in [0.1, 0.15) is 51.5 Å². The lowest BCUT2D eigenvalue weighted by Gasteiger charge is -2.31. The van der Waals surface area contributed by atoms with Crippen molar-refractivity contribution in [2.45, 2.75) is 57.4 Å². The van der Waals surface area contributed by atoms with Crippen LogP contribution in [0.25, 0.3) is 0 Å². The lowest BCUT2D eigenvalue weighted by molar-refractivity contribution is -0.130. The maximum atomic E-state index is 14.4. The van der Waals surface area contributed by atoms with Crippen molar-refractivity contribution in [1.82, 2.24) is 10.2 Å². The molecule has 0 bridgehead atoms. The van der Waals surface area contributed by atoms with Gasteiger partial charge < -0.3 is 10.2 Å².